The van der Waals surface area contributed by atoms with Crippen LogP contribution in [0, 0.1) is 11.3 Å². The summed E-state index contributed by atoms with van der Waals surface area (Å²) in [6, 6.07) is 1.56. The monoisotopic (exact) mass is 145 g/mol. The quantitative estimate of drug-likeness (QED) is 0.540. The summed E-state index contributed by atoms with van der Waals surface area (Å²) in [4.78, 5) is 10.5. The van der Waals surface area contributed by atoms with E-state index < -0.39 is 18.2 Å². The predicted octanol–water partition coefficient (Wildman–Crippen LogP) is 0.801. The summed E-state index contributed by atoms with van der Waals surface area (Å²) in [7, 11) is 0. The van der Waals surface area contributed by atoms with E-state index in [1.807, 2.05) is 0 Å². The highest BCUT2D eigenvalue weighted by Gasteiger charge is 2.28. The van der Waals surface area contributed by atoms with Gasteiger partial charge in [-0.3, -0.25) is 0 Å². The maximum absolute atomic E-state index is 12.5. The van der Waals surface area contributed by atoms with E-state index in [2.05, 4.69) is 4.74 Å². The van der Waals surface area contributed by atoms with E-state index >= 15 is 0 Å². The van der Waals surface area contributed by atoms with Crippen molar-refractivity contribution >= 4 is 5.97 Å². The minimum atomic E-state index is -2.00. The van der Waals surface area contributed by atoms with Gasteiger partial charge in [-0.25, -0.2) is 9.18 Å². The van der Waals surface area contributed by atoms with Crippen LogP contribution in [0.5, 0.6) is 0 Å². The molecule has 0 aliphatic rings. The van der Waals surface area contributed by atoms with Gasteiger partial charge in [0.2, 0.25) is 5.67 Å². The lowest BCUT2D eigenvalue weighted by Gasteiger charge is -2.10. The predicted molar refractivity (Wildman–Crippen MR) is 31.8 cm³/mol. The number of nitrogens with zero attached hydrogens (tertiary/aromatic N) is 1. The van der Waals surface area contributed by atoms with E-state index in [4.69, 9.17) is 5.26 Å². The number of ether oxygens (including phenoxy) is 1. The second-order valence-corrected chi connectivity index (χ2v) is 2.21. The van der Waals surface area contributed by atoms with Gasteiger partial charge in [0.05, 0.1) is 0 Å². The Balaban J connectivity index is 3.78. The number of hydrogen-bond donors (Lipinski definition) is 0. The normalized spacial score (nSPS) is 10.2. The molecule has 0 saturated carbocycles. The maximum Gasteiger partial charge on any atom is 0.344 e. The van der Waals surface area contributed by atoms with Crippen LogP contribution in [0.1, 0.15) is 13.8 Å². The van der Waals surface area contributed by atoms with Gasteiger partial charge in [0.15, 0.2) is 6.61 Å². The van der Waals surface area contributed by atoms with Gasteiger partial charge in [-0.15, -0.1) is 0 Å². The van der Waals surface area contributed by atoms with Crippen LogP contribution >= 0.6 is 0 Å². The molecule has 0 spiro atoms. The summed E-state index contributed by atoms with van der Waals surface area (Å²) in [5, 5.41) is 7.93. The number of esters is 1. The smallest absolute Gasteiger partial charge is 0.344 e. The maximum atomic E-state index is 12.5. The van der Waals surface area contributed by atoms with Crippen LogP contribution in [0.3, 0.4) is 0 Å². The van der Waals surface area contributed by atoms with Crippen LogP contribution in [0.4, 0.5) is 4.39 Å². The van der Waals surface area contributed by atoms with Crippen LogP contribution in [-0.2, 0) is 9.53 Å². The highest BCUT2D eigenvalue weighted by atomic mass is 19.1. The van der Waals surface area contributed by atoms with Crippen molar-refractivity contribution in [3.05, 3.63) is 0 Å². The lowest BCUT2D eigenvalue weighted by atomic mass is 10.2. The Hall–Kier alpha value is -1.11. The lowest BCUT2D eigenvalue weighted by Crippen LogP contribution is -2.28. The molecule has 56 valence electrons. The summed E-state index contributed by atoms with van der Waals surface area (Å²) < 4.78 is 16.7. The van der Waals surface area contributed by atoms with Crippen LogP contribution in [-0.4, -0.2) is 18.2 Å². The zero-order chi connectivity index (χ0) is 8.20. The molecule has 0 heterocycles. The molecule has 0 atom stereocenters. The number of hydrogen-bond acceptors (Lipinski definition) is 3. The van der Waals surface area contributed by atoms with Crippen LogP contribution in [0.25, 0.3) is 0 Å². The van der Waals surface area contributed by atoms with Crippen molar-refractivity contribution in [1.82, 2.24) is 0 Å². The zero-order valence-corrected chi connectivity index (χ0v) is 5.85. The van der Waals surface area contributed by atoms with E-state index in [1.54, 1.807) is 6.07 Å². The number of carbonyl (C=O) groups excluding carboxylic acids is 1. The van der Waals surface area contributed by atoms with Crippen LogP contribution in [0.2, 0.25) is 0 Å². The number of alkyl halides is 1. The first-order valence-electron chi connectivity index (χ1n) is 2.71. The highest BCUT2D eigenvalue weighted by Crippen LogP contribution is 2.09. The number of carbonyl (C=O) groups is 1. The Bertz CT molecular complexity index is 166. The molecule has 0 fully saturated rings. The standard InChI is InChI=1S/C6H8FNO2/c1-6(2,7)5(9)10-4-3-8/h4H2,1-2H3. The van der Waals surface area contributed by atoms with Crippen molar-refractivity contribution in [2.45, 2.75) is 19.5 Å². The van der Waals surface area contributed by atoms with E-state index in [0.29, 0.717) is 0 Å². The Morgan fingerprint density at radius 1 is 1.80 bits per heavy atom. The van der Waals surface area contributed by atoms with E-state index in [1.165, 1.54) is 0 Å². The molecule has 0 radical (unpaired) electrons. The Morgan fingerprint density at radius 2 is 2.30 bits per heavy atom. The van der Waals surface area contributed by atoms with Gasteiger partial charge in [-0.2, -0.15) is 5.26 Å². The topological polar surface area (TPSA) is 50.1 Å². The second-order valence-electron chi connectivity index (χ2n) is 2.21. The van der Waals surface area contributed by atoms with E-state index in [-0.39, 0.29) is 0 Å². The van der Waals surface area contributed by atoms with Crippen molar-refractivity contribution in [2.24, 2.45) is 0 Å². The molecule has 0 aromatic rings. The molecule has 0 aromatic carbocycles. The molecule has 0 unspecified atom stereocenters. The van der Waals surface area contributed by atoms with Gasteiger partial charge in [-0.05, 0) is 13.8 Å². The summed E-state index contributed by atoms with van der Waals surface area (Å²) >= 11 is 0. The Labute approximate surface area is 58.4 Å². The molecule has 4 heteroatoms. The Morgan fingerprint density at radius 3 is 2.60 bits per heavy atom. The van der Waals surface area contributed by atoms with Crippen molar-refractivity contribution in [3.63, 3.8) is 0 Å². The van der Waals surface area contributed by atoms with Crippen molar-refractivity contribution in [2.75, 3.05) is 6.61 Å². The molecular formula is C6H8FNO2. The lowest BCUT2D eigenvalue weighted by molar-refractivity contribution is -0.153. The minimum absolute atomic E-state index is 0.397. The molecule has 0 aliphatic heterocycles. The summed E-state index contributed by atoms with van der Waals surface area (Å²) in [6.45, 7) is 1.76. The van der Waals surface area contributed by atoms with Crippen molar-refractivity contribution in [3.8, 4) is 6.07 Å². The first-order chi connectivity index (χ1) is 4.48. The van der Waals surface area contributed by atoms with Crippen LogP contribution < -0.4 is 0 Å². The van der Waals surface area contributed by atoms with E-state index in [9.17, 15) is 9.18 Å². The third kappa shape index (κ3) is 3.02. The fourth-order valence-corrected chi connectivity index (χ4v) is 0.269. The summed E-state index contributed by atoms with van der Waals surface area (Å²) in [5.41, 5.74) is -2.00. The average Bonchev–Trinajstić information content (AvgIpc) is 1.80. The average molecular weight is 145 g/mol. The molecule has 0 aromatic heterocycles. The molecular weight excluding hydrogens is 137 g/mol. The van der Waals surface area contributed by atoms with Gasteiger partial charge in [0.25, 0.3) is 0 Å². The van der Waals surface area contributed by atoms with E-state index in [0.717, 1.165) is 13.8 Å². The fraction of sp³-hybridized carbons (Fsp3) is 0.667. The molecule has 0 saturated heterocycles. The van der Waals surface area contributed by atoms with Crippen molar-refractivity contribution in [1.29, 1.82) is 5.26 Å². The molecule has 0 aliphatic carbocycles. The zero-order valence-electron chi connectivity index (χ0n) is 5.85. The number of nitriles is 1. The first-order valence-corrected chi connectivity index (χ1v) is 2.71. The van der Waals surface area contributed by atoms with Gasteiger partial charge < -0.3 is 4.74 Å². The van der Waals surface area contributed by atoms with Gasteiger partial charge in [-0.1, -0.05) is 0 Å². The summed E-state index contributed by atoms with van der Waals surface area (Å²) in [5.74, 6) is -1.01. The van der Waals surface area contributed by atoms with Crippen molar-refractivity contribution < 1.29 is 13.9 Å². The molecule has 3 nitrogen and oxygen atoms in total. The SMILES string of the molecule is CC(C)(F)C(=O)OCC#N. The summed E-state index contributed by atoms with van der Waals surface area (Å²) in [6.07, 6.45) is 0. The minimum Gasteiger partial charge on any atom is -0.448 e. The molecule has 0 bridgehead atoms. The molecule has 0 N–H and O–H groups in total. The molecule has 0 amide bonds. The number of rotatable bonds is 2. The molecule has 0 rings (SSSR count). The Kier molecular flexibility index (Phi) is 2.81. The molecule has 10 heavy (non-hydrogen) atoms. The van der Waals surface area contributed by atoms with Gasteiger partial charge in [0.1, 0.15) is 6.07 Å². The third-order valence-electron chi connectivity index (χ3n) is 0.753. The highest BCUT2D eigenvalue weighted by molar-refractivity contribution is 5.78. The fourth-order valence-electron chi connectivity index (χ4n) is 0.269. The van der Waals surface area contributed by atoms with Gasteiger partial charge >= 0.3 is 5.97 Å². The largest absolute Gasteiger partial charge is 0.448 e. The van der Waals surface area contributed by atoms with Crippen LogP contribution in [0.15, 0.2) is 0 Å². The first kappa shape index (κ1) is 8.89. The van der Waals surface area contributed by atoms with Gasteiger partial charge in [0, 0.05) is 0 Å². The number of halogens is 1. The third-order valence-corrected chi connectivity index (χ3v) is 0.753. The second kappa shape index (κ2) is 3.16.